The first kappa shape index (κ1) is 16.6. The maximum atomic E-state index is 12.4. The van der Waals surface area contributed by atoms with Gasteiger partial charge in [-0.2, -0.15) is 0 Å². The van der Waals surface area contributed by atoms with E-state index in [9.17, 15) is 4.79 Å². The van der Waals surface area contributed by atoms with Crippen LogP contribution in [0.15, 0.2) is 28.3 Å². The molecule has 0 bridgehead atoms. The summed E-state index contributed by atoms with van der Waals surface area (Å²) in [6, 6.07) is 2.52. The number of urea groups is 1. The van der Waals surface area contributed by atoms with Crippen molar-refractivity contribution < 1.29 is 4.79 Å². The van der Waals surface area contributed by atoms with Gasteiger partial charge in [-0.25, -0.2) is 9.78 Å². The minimum absolute atomic E-state index is 0.0835. The lowest BCUT2D eigenvalue weighted by Crippen LogP contribution is -2.45. The first-order chi connectivity index (χ1) is 12.1. The van der Waals surface area contributed by atoms with Crippen LogP contribution in [0, 0.1) is 0 Å². The molecular formula is C19H23BrN4O. The third kappa shape index (κ3) is 3.32. The van der Waals surface area contributed by atoms with E-state index in [4.69, 9.17) is 5.73 Å². The number of hydrogen-bond acceptors (Lipinski definition) is 3. The Morgan fingerprint density at radius 2 is 2.12 bits per heavy atom. The second kappa shape index (κ2) is 6.83. The fourth-order valence-corrected chi connectivity index (χ4v) is 4.30. The number of nitrogens with two attached hydrogens (primary N) is 1. The van der Waals surface area contributed by atoms with Gasteiger partial charge >= 0.3 is 6.03 Å². The van der Waals surface area contributed by atoms with Crippen molar-refractivity contribution in [2.75, 3.05) is 18.8 Å². The van der Waals surface area contributed by atoms with Crippen LogP contribution in [0.5, 0.6) is 0 Å². The number of nitrogens with zero attached hydrogens (tertiary/aromatic N) is 2. The third-order valence-corrected chi connectivity index (χ3v) is 6.03. The molecule has 0 saturated heterocycles. The van der Waals surface area contributed by atoms with E-state index in [1.54, 1.807) is 0 Å². The highest BCUT2D eigenvalue weighted by Crippen LogP contribution is 2.37. The van der Waals surface area contributed by atoms with Crippen molar-refractivity contribution in [1.82, 2.24) is 15.2 Å². The number of fused-ring (bicyclic) bond motifs is 1. The number of amides is 2. The summed E-state index contributed by atoms with van der Waals surface area (Å²) in [6.45, 7) is 1.44. The van der Waals surface area contributed by atoms with E-state index < -0.39 is 0 Å². The molecule has 1 aliphatic heterocycles. The van der Waals surface area contributed by atoms with Gasteiger partial charge in [0, 0.05) is 31.1 Å². The Bertz CT molecular complexity index is 765. The molecule has 3 N–H and O–H groups in total. The molecule has 5 nitrogen and oxygen atoms in total. The van der Waals surface area contributed by atoms with Gasteiger partial charge in [0.1, 0.15) is 5.82 Å². The normalized spacial score (nSPS) is 20.3. The van der Waals surface area contributed by atoms with Crippen molar-refractivity contribution in [1.29, 1.82) is 0 Å². The van der Waals surface area contributed by atoms with Crippen LogP contribution in [0.25, 0.3) is 5.57 Å². The van der Waals surface area contributed by atoms with E-state index in [0.717, 1.165) is 48.0 Å². The number of nitrogens with one attached hydrogen (secondary N) is 1. The zero-order valence-corrected chi connectivity index (χ0v) is 15.8. The lowest BCUT2D eigenvalue weighted by Gasteiger charge is -2.28. The van der Waals surface area contributed by atoms with Gasteiger partial charge in [0.25, 0.3) is 0 Å². The number of halogens is 1. The lowest BCUT2D eigenvalue weighted by molar-refractivity contribution is 0.198. The standard InChI is InChI=1S/C19H23BrN4O/c20-16-11-15-14(5-6-17(15)23-18(16)21)12-7-9-24(10-8-12)19(25)22-13-3-1-2-4-13/h5,7,11,13H,1-4,6,8-10H2,(H2,21,23)(H,22,25). The van der Waals surface area contributed by atoms with Crippen LogP contribution in [0.3, 0.4) is 0 Å². The summed E-state index contributed by atoms with van der Waals surface area (Å²) in [5, 5.41) is 3.18. The molecule has 0 radical (unpaired) electrons. The number of allylic oxidation sites excluding steroid dienone is 2. The fraction of sp³-hybridized carbons (Fsp3) is 0.474. The SMILES string of the molecule is Nc1nc2c(cc1Br)C(C1=CCN(C(=O)NC3CCCC3)CC1)=CC2. The van der Waals surface area contributed by atoms with Crippen molar-refractivity contribution in [3.63, 3.8) is 0 Å². The first-order valence-electron chi connectivity index (χ1n) is 9.02. The number of anilines is 1. The van der Waals surface area contributed by atoms with Crippen LogP contribution in [-0.4, -0.2) is 35.0 Å². The average molecular weight is 403 g/mol. The van der Waals surface area contributed by atoms with E-state index in [-0.39, 0.29) is 6.03 Å². The molecule has 1 aromatic heterocycles. The molecule has 2 heterocycles. The molecule has 0 unspecified atom stereocenters. The Kier molecular flexibility index (Phi) is 4.54. The molecule has 4 rings (SSSR count). The van der Waals surface area contributed by atoms with Crippen LogP contribution < -0.4 is 11.1 Å². The van der Waals surface area contributed by atoms with Crippen LogP contribution in [0.4, 0.5) is 10.6 Å². The van der Waals surface area contributed by atoms with Gasteiger partial charge in [-0.05, 0) is 52.4 Å². The van der Waals surface area contributed by atoms with E-state index in [0.29, 0.717) is 18.4 Å². The summed E-state index contributed by atoms with van der Waals surface area (Å²) < 4.78 is 0.841. The predicted octanol–water partition coefficient (Wildman–Crippen LogP) is 3.65. The van der Waals surface area contributed by atoms with Crippen molar-refractivity contribution >= 4 is 33.4 Å². The molecule has 25 heavy (non-hydrogen) atoms. The highest BCUT2D eigenvalue weighted by atomic mass is 79.9. The second-order valence-electron chi connectivity index (χ2n) is 7.03. The summed E-state index contributed by atoms with van der Waals surface area (Å²) >= 11 is 3.48. The molecule has 2 aliphatic carbocycles. The minimum Gasteiger partial charge on any atom is -0.383 e. The monoisotopic (exact) mass is 402 g/mol. The molecular weight excluding hydrogens is 380 g/mol. The van der Waals surface area contributed by atoms with Gasteiger partial charge in [0.15, 0.2) is 0 Å². The molecule has 2 amide bonds. The van der Waals surface area contributed by atoms with Crippen LogP contribution in [0.1, 0.15) is 43.4 Å². The summed E-state index contributed by atoms with van der Waals surface area (Å²) in [5.41, 5.74) is 10.6. The zero-order valence-electron chi connectivity index (χ0n) is 14.2. The number of carbonyl (C=O) groups is 1. The minimum atomic E-state index is 0.0835. The first-order valence-corrected chi connectivity index (χ1v) is 9.81. The van der Waals surface area contributed by atoms with Gasteiger partial charge < -0.3 is 16.0 Å². The van der Waals surface area contributed by atoms with Gasteiger partial charge in [0.05, 0.1) is 10.2 Å². The number of hydrogen-bond donors (Lipinski definition) is 2. The van der Waals surface area contributed by atoms with Gasteiger partial charge in [0.2, 0.25) is 0 Å². The highest BCUT2D eigenvalue weighted by Gasteiger charge is 2.25. The van der Waals surface area contributed by atoms with Crippen molar-refractivity contribution in [3.8, 4) is 0 Å². The molecule has 0 atom stereocenters. The van der Waals surface area contributed by atoms with Crippen LogP contribution >= 0.6 is 15.9 Å². The summed E-state index contributed by atoms with van der Waals surface area (Å²) in [6.07, 6.45) is 10.8. The van der Waals surface area contributed by atoms with Gasteiger partial charge in [-0.15, -0.1) is 0 Å². The summed E-state index contributed by atoms with van der Waals surface area (Å²) in [7, 11) is 0. The van der Waals surface area contributed by atoms with Crippen molar-refractivity contribution in [2.45, 2.75) is 44.6 Å². The van der Waals surface area contributed by atoms with Crippen LogP contribution in [-0.2, 0) is 6.42 Å². The van der Waals surface area contributed by atoms with Gasteiger partial charge in [-0.3, -0.25) is 0 Å². The van der Waals surface area contributed by atoms with E-state index in [2.05, 4.69) is 44.4 Å². The third-order valence-electron chi connectivity index (χ3n) is 5.40. The number of rotatable bonds is 2. The Morgan fingerprint density at radius 3 is 2.84 bits per heavy atom. The van der Waals surface area contributed by atoms with Crippen molar-refractivity contribution in [2.24, 2.45) is 0 Å². The second-order valence-corrected chi connectivity index (χ2v) is 7.88. The molecule has 1 aromatic rings. The number of aromatic nitrogens is 1. The fourth-order valence-electron chi connectivity index (χ4n) is 3.98. The van der Waals surface area contributed by atoms with Crippen molar-refractivity contribution in [3.05, 3.63) is 39.5 Å². The molecule has 3 aliphatic rings. The quantitative estimate of drug-likeness (QED) is 0.792. The topological polar surface area (TPSA) is 71.2 Å². The van der Waals surface area contributed by atoms with E-state index in [1.165, 1.54) is 24.0 Å². The maximum Gasteiger partial charge on any atom is 0.317 e. The average Bonchev–Trinajstić information content (AvgIpc) is 3.25. The molecule has 1 saturated carbocycles. The predicted molar refractivity (Wildman–Crippen MR) is 103 cm³/mol. The Morgan fingerprint density at radius 1 is 1.32 bits per heavy atom. The lowest BCUT2D eigenvalue weighted by atomic mass is 9.96. The van der Waals surface area contributed by atoms with E-state index >= 15 is 0 Å². The number of carbonyl (C=O) groups excluding carboxylic acids is 1. The maximum absolute atomic E-state index is 12.4. The largest absolute Gasteiger partial charge is 0.383 e. The van der Waals surface area contributed by atoms with Crippen LogP contribution in [0.2, 0.25) is 0 Å². The number of pyridine rings is 1. The Balaban J connectivity index is 1.44. The number of nitrogen functional groups attached to an aromatic ring is 1. The van der Waals surface area contributed by atoms with E-state index in [1.807, 2.05) is 4.90 Å². The molecule has 0 spiro atoms. The Hall–Kier alpha value is -1.82. The summed E-state index contributed by atoms with van der Waals surface area (Å²) in [5.74, 6) is 0.542. The molecule has 6 heteroatoms. The summed E-state index contributed by atoms with van der Waals surface area (Å²) in [4.78, 5) is 18.8. The smallest absolute Gasteiger partial charge is 0.317 e. The Labute approximate surface area is 156 Å². The molecule has 1 fully saturated rings. The molecule has 0 aromatic carbocycles. The molecule has 132 valence electrons. The van der Waals surface area contributed by atoms with Gasteiger partial charge in [-0.1, -0.05) is 25.0 Å². The zero-order chi connectivity index (χ0) is 17.4. The highest BCUT2D eigenvalue weighted by molar-refractivity contribution is 9.10.